The van der Waals surface area contributed by atoms with Gasteiger partial charge >= 0.3 is 5.97 Å². The van der Waals surface area contributed by atoms with Crippen LogP contribution in [-0.4, -0.2) is 57.4 Å². The average molecular weight is 328 g/mol. The molecule has 6 nitrogen and oxygen atoms in total. The van der Waals surface area contributed by atoms with Gasteiger partial charge in [-0.1, -0.05) is 12.2 Å². The summed E-state index contributed by atoms with van der Waals surface area (Å²) in [6.45, 7) is 10.1. The van der Waals surface area contributed by atoms with Gasteiger partial charge in [-0.25, -0.2) is 4.79 Å². The lowest BCUT2D eigenvalue weighted by Crippen LogP contribution is -2.57. The van der Waals surface area contributed by atoms with Gasteiger partial charge in [-0.15, -0.1) is 6.58 Å². The standard InChI is InChI=1S/C17H28O6/c1-6-17(5,21)9-7-8-10(2)16(20)23-15-12(4)22-11(3)13(18)14(15)19/h6,8,11-15,18-19,21H,1,7,9H2,2-5H3/b10-8+. The summed E-state index contributed by atoms with van der Waals surface area (Å²) in [5.41, 5.74) is -0.611. The van der Waals surface area contributed by atoms with Gasteiger partial charge in [0.25, 0.3) is 0 Å². The van der Waals surface area contributed by atoms with Crippen LogP contribution in [0.5, 0.6) is 0 Å². The van der Waals surface area contributed by atoms with Gasteiger partial charge in [-0.2, -0.15) is 0 Å². The van der Waals surface area contributed by atoms with Gasteiger partial charge in [0.15, 0.2) is 6.10 Å². The van der Waals surface area contributed by atoms with Gasteiger partial charge in [0, 0.05) is 5.57 Å². The van der Waals surface area contributed by atoms with E-state index in [0.717, 1.165) is 0 Å². The first kappa shape index (κ1) is 19.8. The highest BCUT2D eigenvalue weighted by Crippen LogP contribution is 2.24. The van der Waals surface area contributed by atoms with Crippen LogP contribution in [0.2, 0.25) is 0 Å². The lowest BCUT2D eigenvalue weighted by atomic mass is 9.96. The fraction of sp³-hybridized carbons (Fsp3) is 0.706. The van der Waals surface area contributed by atoms with E-state index >= 15 is 0 Å². The van der Waals surface area contributed by atoms with E-state index in [9.17, 15) is 20.1 Å². The second-order valence-electron chi connectivity index (χ2n) is 6.38. The van der Waals surface area contributed by atoms with Gasteiger partial charge in [-0.05, 0) is 40.5 Å². The summed E-state index contributed by atoms with van der Waals surface area (Å²) in [5.74, 6) is -0.579. The Kier molecular flexibility index (Phi) is 6.95. The zero-order chi connectivity index (χ0) is 17.8. The number of carbonyl (C=O) groups is 1. The fourth-order valence-corrected chi connectivity index (χ4v) is 2.39. The highest BCUT2D eigenvalue weighted by Gasteiger charge is 2.43. The minimum atomic E-state index is -1.19. The van der Waals surface area contributed by atoms with Crippen molar-refractivity contribution in [2.45, 2.75) is 76.7 Å². The van der Waals surface area contributed by atoms with E-state index in [1.54, 1.807) is 33.8 Å². The lowest BCUT2D eigenvalue weighted by molar-refractivity contribution is -0.223. The topological polar surface area (TPSA) is 96.2 Å². The van der Waals surface area contributed by atoms with Crippen LogP contribution in [0.1, 0.15) is 40.5 Å². The molecule has 6 heteroatoms. The second kappa shape index (κ2) is 8.06. The average Bonchev–Trinajstić information content (AvgIpc) is 2.48. The quantitative estimate of drug-likeness (QED) is 0.384. The Bertz CT molecular complexity index is 456. The summed E-state index contributed by atoms with van der Waals surface area (Å²) < 4.78 is 10.7. The van der Waals surface area contributed by atoms with Crippen molar-refractivity contribution in [1.29, 1.82) is 0 Å². The molecule has 23 heavy (non-hydrogen) atoms. The molecule has 1 heterocycles. The van der Waals surface area contributed by atoms with Crippen molar-refractivity contribution in [3.63, 3.8) is 0 Å². The second-order valence-corrected chi connectivity index (χ2v) is 6.38. The van der Waals surface area contributed by atoms with E-state index in [1.807, 2.05) is 0 Å². The molecule has 1 aliphatic rings. The van der Waals surface area contributed by atoms with Crippen LogP contribution in [0.3, 0.4) is 0 Å². The molecule has 1 fully saturated rings. The van der Waals surface area contributed by atoms with E-state index in [2.05, 4.69) is 6.58 Å². The molecule has 1 rings (SSSR count). The molecule has 0 aromatic heterocycles. The number of aliphatic hydroxyl groups excluding tert-OH is 2. The van der Waals surface area contributed by atoms with Crippen LogP contribution in [0.25, 0.3) is 0 Å². The highest BCUT2D eigenvalue weighted by atomic mass is 16.6. The zero-order valence-corrected chi connectivity index (χ0v) is 14.2. The van der Waals surface area contributed by atoms with Gasteiger partial charge in [0.05, 0.1) is 17.8 Å². The molecular formula is C17H28O6. The first-order valence-electron chi connectivity index (χ1n) is 7.84. The molecule has 0 spiro atoms. The number of allylic oxidation sites excluding steroid dienone is 1. The molecule has 0 aromatic carbocycles. The van der Waals surface area contributed by atoms with Crippen molar-refractivity contribution in [2.75, 3.05) is 0 Å². The molecule has 1 saturated heterocycles. The SMILES string of the molecule is C=CC(C)(O)CC/C=C(\C)C(=O)OC1C(C)OC(C)C(O)C1O. The Morgan fingerprint density at radius 2 is 1.91 bits per heavy atom. The molecular weight excluding hydrogens is 300 g/mol. The summed E-state index contributed by atoms with van der Waals surface area (Å²) in [6.07, 6.45) is -0.207. The molecule has 0 aromatic rings. The van der Waals surface area contributed by atoms with Gasteiger partial charge in [0.2, 0.25) is 0 Å². The van der Waals surface area contributed by atoms with Gasteiger partial charge in [-0.3, -0.25) is 0 Å². The molecule has 0 bridgehead atoms. The Labute approximate surface area is 137 Å². The first-order valence-corrected chi connectivity index (χ1v) is 7.84. The molecule has 0 amide bonds. The van der Waals surface area contributed by atoms with Crippen molar-refractivity contribution < 1.29 is 29.6 Å². The molecule has 6 atom stereocenters. The zero-order valence-electron chi connectivity index (χ0n) is 14.2. The minimum Gasteiger partial charge on any atom is -0.453 e. The summed E-state index contributed by atoms with van der Waals surface area (Å²) >= 11 is 0. The summed E-state index contributed by atoms with van der Waals surface area (Å²) in [7, 11) is 0. The van der Waals surface area contributed by atoms with Crippen molar-refractivity contribution in [1.82, 2.24) is 0 Å². The maximum absolute atomic E-state index is 12.1. The number of hydrogen-bond acceptors (Lipinski definition) is 6. The molecule has 1 aliphatic heterocycles. The molecule has 6 unspecified atom stereocenters. The van der Waals surface area contributed by atoms with Crippen LogP contribution in [0.15, 0.2) is 24.3 Å². The van der Waals surface area contributed by atoms with Crippen LogP contribution < -0.4 is 0 Å². The number of esters is 1. The van der Waals surface area contributed by atoms with Crippen LogP contribution in [-0.2, 0) is 14.3 Å². The van der Waals surface area contributed by atoms with Gasteiger partial charge < -0.3 is 24.8 Å². The normalized spacial score (nSPS) is 34.6. The largest absolute Gasteiger partial charge is 0.453 e. The van der Waals surface area contributed by atoms with E-state index in [0.29, 0.717) is 18.4 Å². The van der Waals surface area contributed by atoms with Crippen molar-refractivity contribution in [3.8, 4) is 0 Å². The van der Waals surface area contributed by atoms with Crippen molar-refractivity contribution >= 4 is 5.97 Å². The Morgan fingerprint density at radius 1 is 1.30 bits per heavy atom. The third-order valence-corrected chi connectivity index (χ3v) is 4.17. The molecule has 132 valence electrons. The third-order valence-electron chi connectivity index (χ3n) is 4.17. The summed E-state index contributed by atoms with van der Waals surface area (Å²) in [5, 5.41) is 29.7. The van der Waals surface area contributed by atoms with Crippen LogP contribution in [0.4, 0.5) is 0 Å². The summed E-state index contributed by atoms with van der Waals surface area (Å²) in [4.78, 5) is 12.1. The predicted molar refractivity (Wildman–Crippen MR) is 85.7 cm³/mol. The molecule has 0 saturated carbocycles. The third kappa shape index (κ3) is 5.42. The fourth-order valence-electron chi connectivity index (χ4n) is 2.39. The number of ether oxygens (including phenoxy) is 2. The number of carbonyl (C=O) groups excluding carboxylic acids is 1. The Morgan fingerprint density at radius 3 is 2.48 bits per heavy atom. The van der Waals surface area contributed by atoms with Crippen LogP contribution in [0, 0.1) is 0 Å². The van der Waals surface area contributed by atoms with E-state index in [-0.39, 0.29) is 0 Å². The van der Waals surface area contributed by atoms with Crippen molar-refractivity contribution in [3.05, 3.63) is 24.3 Å². The monoisotopic (exact) mass is 328 g/mol. The predicted octanol–water partition coefficient (Wildman–Crippen LogP) is 1.09. The maximum atomic E-state index is 12.1. The Hall–Kier alpha value is -1.21. The molecule has 0 radical (unpaired) electrons. The highest BCUT2D eigenvalue weighted by molar-refractivity contribution is 5.87. The minimum absolute atomic E-state index is 0.373. The van der Waals surface area contributed by atoms with Crippen LogP contribution >= 0.6 is 0 Å². The smallest absolute Gasteiger partial charge is 0.333 e. The summed E-state index contributed by atoms with van der Waals surface area (Å²) in [6, 6.07) is 0. The van der Waals surface area contributed by atoms with Crippen molar-refractivity contribution in [2.24, 2.45) is 0 Å². The van der Waals surface area contributed by atoms with Gasteiger partial charge in [0.1, 0.15) is 12.2 Å². The first-order chi connectivity index (χ1) is 10.6. The molecule has 0 aliphatic carbocycles. The Balaban J connectivity index is 2.62. The van der Waals surface area contributed by atoms with E-state index < -0.39 is 42.1 Å². The number of hydrogen-bond donors (Lipinski definition) is 3. The lowest BCUT2D eigenvalue weighted by Gasteiger charge is -2.39. The maximum Gasteiger partial charge on any atom is 0.333 e. The number of rotatable bonds is 6. The van der Waals surface area contributed by atoms with E-state index in [4.69, 9.17) is 9.47 Å². The van der Waals surface area contributed by atoms with E-state index in [1.165, 1.54) is 6.08 Å². The molecule has 3 N–H and O–H groups in total. The number of aliphatic hydroxyl groups is 3.